The van der Waals surface area contributed by atoms with Gasteiger partial charge in [-0.15, -0.1) is 11.3 Å². The summed E-state index contributed by atoms with van der Waals surface area (Å²) in [5, 5.41) is 6.49. The second kappa shape index (κ2) is 6.85. The smallest absolute Gasteiger partial charge is 0.341 e. The predicted molar refractivity (Wildman–Crippen MR) is 91.4 cm³/mol. The quantitative estimate of drug-likeness (QED) is 0.652. The molecular formula is C15H15FN2O2S2. The van der Waals surface area contributed by atoms with Crippen LogP contribution in [0.3, 0.4) is 0 Å². The van der Waals surface area contributed by atoms with Gasteiger partial charge in [0.25, 0.3) is 0 Å². The second-order valence-corrected chi connectivity index (χ2v) is 6.17. The third-order valence-electron chi connectivity index (χ3n) is 3.12. The van der Waals surface area contributed by atoms with Gasteiger partial charge in [0, 0.05) is 4.88 Å². The highest BCUT2D eigenvalue weighted by atomic mass is 32.1. The number of hydrogen-bond acceptors (Lipinski definition) is 4. The Morgan fingerprint density at radius 2 is 1.95 bits per heavy atom. The van der Waals surface area contributed by atoms with Crippen LogP contribution in [0.5, 0.6) is 0 Å². The zero-order valence-electron chi connectivity index (χ0n) is 12.3. The molecule has 1 aromatic carbocycles. The molecule has 2 aromatic rings. The summed E-state index contributed by atoms with van der Waals surface area (Å²) in [6.45, 7) is 3.75. The summed E-state index contributed by atoms with van der Waals surface area (Å²) in [5.41, 5.74) is 1.56. The standard InChI is InChI=1S/C15H15FN2O2S2/c1-8-9(2)22-13(12(8)14(19)20-3)18-15(21)17-11-7-5-4-6-10(11)16/h4-7H,1-3H3,(H2,17,18,21). The fraction of sp³-hybridized carbons (Fsp3) is 0.200. The van der Waals surface area contributed by atoms with Crippen molar-refractivity contribution >= 4 is 45.3 Å². The number of ether oxygens (including phenoxy) is 1. The molecule has 0 atom stereocenters. The molecule has 0 aliphatic rings. The average molecular weight is 338 g/mol. The van der Waals surface area contributed by atoms with Gasteiger partial charge < -0.3 is 15.4 Å². The van der Waals surface area contributed by atoms with Crippen LogP contribution in [0.2, 0.25) is 0 Å². The molecule has 2 rings (SSSR count). The van der Waals surface area contributed by atoms with Crippen molar-refractivity contribution in [3.63, 3.8) is 0 Å². The number of esters is 1. The maximum absolute atomic E-state index is 13.6. The summed E-state index contributed by atoms with van der Waals surface area (Å²) in [4.78, 5) is 12.9. The topological polar surface area (TPSA) is 50.4 Å². The van der Waals surface area contributed by atoms with Gasteiger partial charge in [0.1, 0.15) is 10.8 Å². The Hall–Kier alpha value is -1.99. The van der Waals surface area contributed by atoms with E-state index in [0.29, 0.717) is 10.6 Å². The van der Waals surface area contributed by atoms with Crippen LogP contribution in [-0.4, -0.2) is 18.2 Å². The number of thiocarbonyl (C=S) groups is 1. The van der Waals surface area contributed by atoms with Gasteiger partial charge in [0.15, 0.2) is 5.11 Å². The van der Waals surface area contributed by atoms with Crippen molar-refractivity contribution in [2.75, 3.05) is 17.7 Å². The van der Waals surface area contributed by atoms with Crippen LogP contribution in [0.15, 0.2) is 24.3 Å². The van der Waals surface area contributed by atoms with Gasteiger partial charge >= 0.3 is 5.97 Å². The van der Waals surface area contributed by atoms with Gasteiger partial charge in [-0.2, -0.15) is 0 Å². The van der Waals surface area contributed by atoms with Gasteiger partial charge in [-0.05, 0) is 43.8 Å². The Morgan fingerprint density at radius 3 is 2.59 bits per heavy atom. The molecular weight excluding hydrogens is 323 g/mol. The van der Waals surface area contributed by atoms with Crippen molar-refractivity contribution in [2.24, 2.45) is 0 Å². The molecule has 0 amide bonds. The summed E-state index contributed by atoms with van der Waals surface area (Å²) in [5.74, 6) is -0.837. The molecule has 1 aromatic heterocycles. The van der Waals surface area contributed by atoms with E-state index in [1.165, 1.54) is 24.5 Å². The molecule has 22 heavy (non-hydrogen) atoms. The summed E-state index contributed by atoms with van der Waals surface area (Å²) in [7, 11) is 1.33. The van der Waals surface area contributed by atoms with Crippen molar-refractivity contribution in [2.45, 2.75) is 13.8 Å². The van der Waals surface area contributed by atoms with Crippen LogP contribution in [0, 0.1) is 19.7 Å². The van der Waals surface area contributed by atoms with Crippen molar-refractivity contribution in [1.29, 1.82) is 0 Å². The highest BCUT2D eigenvalue weighted by Crippen LogP contribution is 2.33. The number of methoxy groups -OCH3 is 1. The molecule has 4 nitrogen and oxygen atoms in total. The first kappa shape index (κ1) is 16.4. The molecule has 116 valence electrons. The van der Waals surface area contributed by atoms with Crippen LogP contribution < -0.4 is 10.6 Å². The van der Waals surface area contributed by atoms with E-state index in [9.17, 15) is 9.18 Å². The lowest BCUT2D eigenvalue weighted by molar-refractivity contribution is 0.0601. The lowest BCUT2D eigenvalue weighted by Crippen LogP contribution is -2.20. The Labute approximate surface area is 137 Å². The molecule has 0 aliphatic heterocycles. The maximum Gasteiger partial charge on any atom is 0.341 e. The highest BCUT2D eigenvalue weighted by Gasteiger charge is 2.20. The predicted octanol–water partition coefficient (Wildman–Crippen LogP) is 4.10. The Kier molecular flexibility index (Phi) is 5.10. The largest absolute Gasteiger partial charge is 0.465 e. The third-order valence-corrected chi connectivity index (χ3v) is 4.45. The molecule has 2 N–H and O–H groups in total. The fourth-order valence-electron chi connectivity index (χ4n) is 1.88. The third kappa shape index (κ3) is 3.42. The normalized spacial score (nSPS) is 10.2. The maximum atomic E-state index is 13.6. The molecule has 7 heteroatoms. The van der Waals surface area contributed by atoms with Crippen LogP contribution in [0.4, 0.5) is 15.1 Å². The van der Waals surface area contributed by atoms with Gasteiger partial charge in [-0.25, -0.2) is 9.18 Å². The zero-order valence-corrected chi connectivity index (χ0v) is 14.0. The number of para-hydroxylation sites is 1. The molecule has 0 radical (unpaired) electrons. The summed E-state index contributed by atoms with van der Waals surface area (Å²) in [6, 6.07) is 6.21. The molecule has 0 aliphatic carbocycles. The molecule has 0 saturated carbocycles. The second-order valence-electron chi connectivity index (χ2n) is 4.54. The number of carbonyl (C=O) groups is 1. The van der Waals surface area contributed by atoms with E-state index >= 15 is 0 Å². The molecule has 1 heterocycles. The number of benzene rings is 1. The minimum Gasteiger partial charge on any atom is -0.465 e. The van der Waals surface area contributed by atoms with Gasteiger partial charge in [0.2, 0.25) is 0 Å². The minimum atomic E-state index is -0.432. The van der Waals surface area contributed by atoms with E-state index in [1.807, 2.05) is 13.8 Å². The molecule has 0 fully saturated rings. The molecule has 0 unspecified atom stereocenters. The number of carbonyl (C=O) groups excluding carboxylic acids is 1. The van der Waals surface area contributed by atoms with Crippen molar-refractivity contribution in [3.8, 4) is 0 Å². The summed E-state index contributed by atoms with van der Waals surface area (Å²) < 4.78 is 18.4. The number of anilines is 2. The SMILES string of the molecule is COC(=O)c1c(NC(=S)Nc2ccccc2F)sc(C)c1C. The number of hydrogen-bond donors (Lipinski definition) is 2. The van der Waals surface area contributed by atoms with E-state index in [0.717, 1.165) is 10.4 Å². The Balaban J connectivity index is 2.21. The van der Waals surface area contributed by atoms with E-state index in [1.54, 1.807) is 18.2 Å². The van der Waals surface area contributed by atoms with Gasteiger partial charge in [-0.1, -0.05) is 12.1 Å². The van der Waals surface area contributed by atoms with Crippen molar-refractivity contribution in [1.82, 2.24) is 0 Å². The minimum absolute atomic E-state index is 0.205. The monoisotopic (exact) mass is 338 g/mol. The number of thiophene rings is 1. The average Bonchev–Trinajstić information content (AvgIpc) is 2.75. The number of aryl methyl sites for hydroxylation is 1. The van der Waals surface area contributed by atoms with Crippen molar-refractivity contribution in [3.05, 3.63) is 46.1 Å². The van der Waals surface area contributed by atoms with Gasteiger partial charge in [-0.3, -0.25) is 0 Å². The fourth-order valence-corrected chi connectivity index (χ4v) is 3.21. The van der Waals surface area contributed by atoms with Crippen LogP contribution in [-0.2, 0) is 4.74 Å². The van der Waals surface area contributed by atoms with Gasteiger partial charge in [0.05, 0.1) is 18.4 Å². The first-order valence-electron chi connectivity index (χ1n) is 6.45. The van der Waals surface area contributed by atoms with E-state index < -0.39 is 11.8 Å². The highest BCUT2D eigenvalue weighted by molar-refractivity contribution is 7.80. The number of rotatable bonds is 3. The van der Waals surface area contributed by atoms with Crippen LogP contribution >= 0.6 is 23.6 Å². The summed E-state index contributed by atoms with van der Waals surface area (Å²) >= 11 is 6.57. The lowest BCUT2D eigenvalue weighted by Gasteiger charge is -2.11. The Bertz CT molecular complexity index is 728. The first-order chi connectivity index (χ1) is 10.4. The number of nitrogens with one attached hydrogen (secondary N) is 2. The van der Waals surface area contributed by atoms with E-state index in [4.69, 9.17) is 17.0 Å². The van der Waals surface area contributed by atoms with E-state index in [-0.39, 0.29) is 10.8 Å². The van der Waals surface area contributed by atoms with Crippen molar-refractivity contribution < 1.29 is 13.9 Å². The number of halogens is 1. The lowest BCUT2D eigenvalue weighted by atomic mass is 10.1. The molecule has 0 saturated heterocycles. The Morgan fingerprint density at radius 1 is 1.27 bits per heavy atom. The molecule has 0 spiro atoms. The van der Waals surface area contributed by atoms with Crippen LogP contribution in [0.25, 0.3) is 0 Å². The first-order valence-corrected chi connectivity index (χ1v) is 7.67. The zero-order chi connectivity index (χ0) is 16.3. The summed E-state index contributed by atoms with van der Waals surface area (Å²) in [6.07, 6.45) is 0. The molecule has 0 bridgehead atoms. The van der Waals surface area contributed by atoms with Crippen LogP contribution in [0.1, 0.15) is 20.8 Å². The van der Waals surface area contributed by atoms with E-state index in [2.05, 4.69) is 10.6 Å².